The molecule has 0 N–H and O–H groups in total. The summed E-state index contributed by atoms with van der Waals surface area (Å²) in [5.74, 6) is 0. The minimum absolute atomic E-state index is 0. The first-order valence-corrected chi connectivity index (χ1v) is 11.2. The second-order valence-electron chi connectivity index (χ2n) is 7.91. The molecule has 1 aromatic rings. The highest BCUT2D eigenvalue weighted by atomic mass is 79.9. The van der Waals surface area contributed by atoms with E-state index in [2.05, 4.69) is 43.5 Å². The molecule has 0 fully saturated rings. The van der Waals surface area contributed by atoms with Gasteiger partial charge < -0.3 is 17.0 Å². The molecule has 0 saturated heterocycles. The fraction of sp³-hybridized carbons (Fsp3) is 0.792. The number of rotatable bonds is 16. The Kier molecular flexibility index (Phi) is 17.8. The van der Waals surface area contributed by atoms with Gasteiger partial charge in [-0.3, -0.25) is 0 Å². The molecule has 0 unspecified atom stereocenters. The van der Waals surface area contributed by atoms with E-state index in [9.17, 15) is 0 Å². The number of halogens is 1. The van der Waals surface area contributed by atoms with Crippen LogP contribution in [0.3, 0.4) is 0 Å². The van der Waals surface area contributed by atoms with Gasteiger partial charge in [-0.05, 0) is 12.5 Å². The number of hydrogen-bond donors (Lipinski definition) is 0. The Morgan fingerprint density at radius 2 is 0.923 bits per heavy atom. The molecule has 0 spiro atoms. The minimum Gasteiger partial charge on any atom is -1.00 e. The normalized spacial score (nSPS) is 10.7. The maximum atomic E-state index is 2.46. The van der Waals surface area contributed by atoms with E-state index in [4.69, 9.17) is 0 Å². The Morgan fingerprint density at radius 1 is 0.577 bits per heavy atom. The van der Waals surface area contributed by atoms with E-state index in [0.29, 0.717) is 0 Å². The van der Waals surface area contributed by atoms with Crippen LogP contribution in [0.1, 0.15) is 115 Å². The van der Waals surface area contributed by atoms with Gasteiger partial charge in [0.25, 0.3) is 0 Å². The summed E-state index contributed by atoms with van der Waals surface area (Å²) in [7, 11) is 0. The summed E-state index contributed by atoms with van der Waals surface area (Å²) < 4.78 is 2.46. The van der Waals surface area contributed by atoms with Crippen LogP contribution in [0, 0.1) is 13.8 Å². The zero-order valence-corrected chi connectivity index (χ0v) is 19.5. The molecule has 2 heteroatoms. The number of pyridine rings is 1. The van der Waals surface area contributed by atoms with Crippen molar-refractivity contribution in [2.24, 2.45) is 0 Å². The molecular formula is C24H44BrN. The number of unbranched alkanes of at least 4 members (excludes halogenated alkanes) is 14. The molecule has 1 rings (SSSR count). The zero-order chi connectivity index (χ0) is 18.2. The lowest BCUT2D eigenvalue weighted by Gasteiger charge is -2.05. The van der Waals surface area contributed by atoms with Crippen LogP contribution in [-0.2, 0) is 6.54 Å². The molecule has 0 aliphatic rings. The molecule has 1 nitrogen and oxygen atoms in total. The van der Waals surface area contributed by atoms with Gasteiger partial charge in [0.15, 0.2) is 11.4 Å². The first kappa shape index (κ1) is 25.6. The summed E-state index contributed by atoms with van der Waals surface area (Å²) in [6, 6.07) is 6.60. The van der Waals surface area contributed by atoms with Crippen molar-refractivity contribution in [3.8, 4) is 0 Å². The summed E-state index contributed by atoms with van der Waals surface area (Å²) in [6.07, 6.45) is 21.6. The fourth-order valence-corrected chi connectivity index (χ4v) is 3.78. The van der Waals surface area contributed by atoms with Gasteiger partial charge in [-0.25, -0.2) is 4.57 Å². The van der Waals surface area contributed by atoms with Gasteiger partial charge in [-0.15, -0.1) is 0 Å². The largest absolute Gasteiger partial charge is 1.00 e. The summed E-state index contributed by atoms with van der Waals surface area (Å²) in [6.45, 7) is 7.93. The third kappa shape index (κ3) is 12.9. The third-order valence-corrected chi connectivity index (χ3v) is 5.51. The van der Waals surface area contributed by atoms with Crippen LogP contribution < -0.4 is 21.5 Å². The Bertz CT molecular complexity index is 410. The minimum atomic E-state index is 0. The van der Waals surface area contributed by atoms with Gasteiger partial charge in [0.1, 0.15) is 6.54 Å². The smallest absolute Gasteiger partial charge is 0.178 e. The predicted octanol–water partition coefficient (Wildman–Crippen LogP) is 4.47. The highest BCUT2D eigenvalue weighted by Gasteiger charge is 2.08. The molecule has 26 heavy (non-hydrogen) atoms. The van der Waals surface area contributed by atoms with Crippen LogP contribution in [0.5, 0.6) is 0 Å². The molecule has 0 radical (unpaired) electrons. The van der Waals surface area contributed by atoms with E-state index in [-0.39, 0.29) is 17.0 Å². The SMILES string of the molecule is CCCCCCCCCCCCCCCCC[n+]1c(C)cccc1C.[Br-]. The Balaban J connectivity index is 0.00000625. The average Bonchev–Trinajstić information content (AvgIpc) is 2.60. The van der Waals surface area contributed by atoms with Gasteiger partial charge in [0.2, 0.25) is 0 Å². The quantitative estimate of drug-likeness (QED) is 0.271. The number of nitrogens with zero attached hydrogens (tertiary/aromatic N) is 1. The van der Waals surface area contributed by atoms with Crippen molar-refractivity contribution in [3.05, 3.63) is 29.6 Å². The lowest BCUT2D eigenvalue weighted by Crippen LogP contribution is -3.00. The molecule has 1 heterocycles. The molecule has 0 saturated carbocycles. The lowest BCUT2D eigenvalue weighted by atomic mass is 10.0. The van der Waals surface area contributed by atoms with Gasteiger partial charge in [0, 0.05) is 32.4 Å². The van der Waals surface area contributed by atoms with Crippen molar-refractivity contribution in [3.63, 3.8) is 0 Å². The first-order chi connectivity index (χ1) is 12.3. The Morgan fingerprint density at radius 3 is 1.31 bits per heavy atom. The average molecular weight is 427 g/mol. The van der Waals surface area contributed by atoms with Crippen molar-refractivity contribution in [2.45, 2.75) is 124 Å². The molecule has 0 aliphatic carbocycles. The molecule has 0 bridgehead atoms. The third-order valence-electron chi connectivity index (χ3n) is 5.51. The standard InChI is InChI=1S/C24H44N.BrH/c1-4-5-6-7-8-9-10-11-12-13-14-15-16-17-18-22-25-23(2)20-19-21-24(25)3;/h19-21H,4-18,22H2,1-3H3;1H/q+1;/p-1. The molecule has 152 valence electrons. The monoisotopic (exact) mass is 425 g/mol. The highest BCUT2D eigenvalue weighted by molar-refractivity contribution is 5.00. The second-order valence-corrected chi connectivity index (χ2v) is 7.91. The maximum Gasteiger partial charge on any atom is 0.178 e. The predicted molar refractivity (Wildman–Crippen MR) is 111 cm³/mol. The van der Waals surface area contributed by atoms with Gasteiger partial charge >= 0.3 is 0 Å². The van der Waals surface area contributed by atoms with E-state index in [1.165, 1.54) is 114 Å². The van der Waals surface area contributed by atoms with Crippen LogP contribution in [0.15, 0.2) is 18.2 Å². The van der Waals surface area contributed by atoms with Crippen LogP contribution in [0.4, 0.5) is 0 Å². The van der Waals surface area contributed by atoms with Crippen molar-refractivity contribution in [1.82, 2.24) is 0 Å². The van der Waals surface area contributed by atoms with Crippen LogP contribution in [0.25, 0.3) is 0 Å². The molecule has 0 amide bonds. The molecule has 0 atom stereocenters. The summed E-state index contributed by atoms with van der Waals surface area (Å²) >= 11 is 0. The van der Waals surface area contributed by atoms with Gasteiger partial charge in [-0.1, -0.05) is 90.4 Å². The van der Waals surface area contributed by atoms with Crippen molar-refractivity contribution in [1.29, 1.82) is 0 Å². The first-order valence-electron chi connectivity index (χ1n) is 11.2. The van der Waals surface area contributed by atoms with E-state index in [0.717, 1.165) is 0 Å². The van der Waals surface area contributed by atoms with Gasteiger partial charge in [-0.2, -0.15) is 0 Å². The van der Waals surface area contributed by atoms with Crippen LogP contribution in [-0.4, -0.2) is 0 Å². The van der Waals surface area contributed by atoms with Crippen LogP contribution >= 0.6 is 0 Å². The Hall–Kier alpha value is -0.370. The summed E-state index contributed by atoms with van der Waals surface area (Å²) in [4.78, 5) is 0. The van der Waals surface area contributed by atoms with E-state index >= 15 is 0 Å². The van der Waals surface area contributed by atoms with Crippen LogP contribution in [0.2, 0.25) is 0 Å². The summed E-state index contributed by atoms with van der Waals surface area (Å²) in [5.41, 5.74) is 2.79. The lowest BCUT2D eigenvalue weighted by molar-refractivity contribution is -0.709. The topological polar surface area (TPSA) is 3.88 Å². The maximum absolute atomic E-state index is 2.46. The van der Waals surface area contributed by atoms with E-state index in [1.807, 2.05) is 0 Å². The summed E-state index contributed by atoms with van der Waals surface area (Å²) in [5, 5.41) is 0. The second kappa shape index (κ2) is 18.0. The zero-order valence-electron chi connectivity index (χ0n) is 17.9. The van der Waals surface area contributed by atoms with Crippen molar-refractivity contribution >= 4 is 0 Å². The Labute approximate surface area is 174 Å². The van der Waals surface area contributed by atoms with Gasteiger partial charge in [0.05, 0.1) is 0 Å². The fourth-order valence-electron chi connectivity index (χ4n) is 3.78. The van der Waals surface area contributed by atoms with E-state index in [1.54, 1.807) is 0 Å². The molecule has 1 aromatic heterocycles. The number of aromatic nitrogens is 1. The number of hydrogen-bond acceptors (Lipinski definition) is 0. The molecule has 0 aliphatic heterocycles. The van der Waals surface area contributed by atoms with Crippen molar-refractivity contribution in [2.75, 3.05) is 0 Å². The highest BCUT2D eigenvalue weighted by Crippen LogP contribution is 2.13. The molecular weight excluding hydrogens is 382 g/mol. The molecule has 0 aromatic carbocycles. The van der Waals surface area contributed by atoms with E-state index < -0.39 is 0 Å². The van der Waals surface area contributed by atoms with Crippen molar-refractivity contribution < 1.29 is 21.5 Å². The number of aryl methyl sites for hydroxylation is 2.